The van der Waals surface area contributed by atoms with Crippen LogP contribution >= 0.6 is 11.3 Å². The summed E-state index contributed by atoms with van der Waals surface area (Å²) in [6.07, 6.45) is 1.69. The van der Waals surface area contributed by atoms with Crippen LogP contribution in [0.15, 0.2) is 39.1 Å². The number of carbonyl (C=O) groups is 2. The van der Waals surface area contributed by atoms with E-state index in [1.54, 1.807) is 6.07 Å². The number of carboxylic acid groups (broad SMARTS) is 1. The summed E-state index contributed by atoms with van der Waals surface area (Å²) in [7, 11) is 0. The van der Waals surface area contributed by atoms with Gasteiger partial charge in [-0.15, -0.1) is 11.3 Å². The van der Waals surface area contributed by atoms with Crippen molar-refractivity contribution in [2.45, 2.75) is 12.5 Å². The van der Waals surface area contributed by atoms with Gasteiger partial charge in [0.25, 0.3) is 5.91 Å². The van der Waals surface area contributed by atoms with Crippen LogP contribution in [0.4, 0.5) is 0 Å². The van der Waals surface area contributed by atoms with E-state index in [0.29, 0.717) is 18.5 Å². The van der Waals surface area contributed by atoms with Crippen LogP contribution in [0.3, 0.4) is 0 Å². The Balaban J connectivity index is 1.98. The van der Waals surface area contributed by atoms with Crippen LogP contribution < -0.4 is 5.63 Å². The van der Waals surface area contributed by atoms with E-state index in [9.17, 15) is 19.5 Å². The van der Waals surface area contributed by atoms with Crippen molar-refractivity contribution in [2.24, 2.45) is 0 Å². The number of amides is 1. The molecule has 1 N–H and O–H groups in total. The lowest BCUT2D eigenvalue weighted by atomic mass is 9.99. The second-order valence-electron chi connectivity index (χ2n) is 4.63. The molecule has 1 aliphatic rings. The summed E-state index contributed by atoms with van der Waals surface area (Å²) in [6.45, 7) is 0.322. The summed E-state index contributed by atoms with van der Waals surface area (Å²) >= 11 is 1.50. The third-order valence-electron chi connectivity index (χ3n) is 3.41. The van der Waals surface area contributed by atoms with Crippen molar-refractivity contribution in [1.29, 1.82) is 0 Å². The minimum atomic E-state index is -1.07. The van der Waals surface area contributed by atoms with E-state index in [1.807, 2.05) is 5.38 Å². The van der Waals surface area contributed by atoms with E-state index in [4.69, 9.17) is 0 Å². The Bertz CT molecular complexity index is 742. The van der Waals surface area contributed by atoms with Crippen LogP contribution in [0, 0.1) is 0 Å². The molecule has 0 aliphatic carbocycles. The van der Waals surface area contributed by atoms with Crippen LogP contribution in [0.2, 0.25) is 0 Å². The molecule has 2 aromatic rings. The molecule has 2 aromatic heterocycles. The molecule has 3 rings (SSSR count). The molecule has 1 atom stereocenters. The first kappa shape index (κ1) is 13.6. The quantitative estimate of drug-likeness (QED) is 0.909. The lowest BCUT2D eigenvalue weighted by Gasteiger charge is -2.33. The van der Waals surface area contributed by atoms with Gasteiger partial charge in [-0.25, -0.2) is 9.59 Å². The first-order chi connectivity index (χ1) is 10.1. The Morgan fingerprint density at radius 2 is 2.14 bits per heavy atom. The van der Waals surface area contributed by atoms with Gasteiger partial charge in [0, 0.05) is 17.5 Å². The number of hydrogen-bond acceptors (Lipinski definition) is 5. The molecule has 0 saturated carbocycles. The maximum atomic E-state index is 12.5. The van der Waals surface area contributed by atoms with E-state index >= 15 is 0 Å². The molecule has 0 spiro atoms. The number of hydrogen-bond donors (Lipinski definition) is 1. The smallest absolute Gasteiger partial charge is 0.335 e. The van der Waals surface area contributed by atoms with E-state index in [0.717, 1.165) is 17.2 Å². The number of fused-ring (bicyclic) bond motifs is 1. The molecule has 0 radical (unpaired) electrons. The first-order valence-electron chi connectivity index (χ1n) is 6.27. The largest absolute Gasteiger partial charge is 0.479 e. The molecular formula is C14H11NO5S. The Hall–Kier alpha value is -2.41. The summed E-state index contributed by atoms with van der Waals surface area (Å²) in [4.78, 5) is 37.2. The van der Waals surface area contributed by atoms with Gasteiger partial charge in [-0.05, 0) is 29.5 Å². The zero-order valence-corrected chi connectivity index (χ0v) is 11.6. The molecule has 0 bridgehead atoms. The van der Waals surface area contributed by atoms with Crippen LogP contribution in [0.1, 0.15) is 26.8 Å². The third-order valence-corrected chi connectivity index (χ3v) is 4.41. The van der Waals surface area contributed by atoms with Crippen LogP contribution in [0.5, 0.6) is 0 Å². The Morgan fingerprint density at radius 3 is 2.81 bits per heavy atom. The van der Waals surface area contributed by atoms with Gasteiger partial charge in [0.15, 0.2) is 6.04 Å². The van der Waals surface area contributed by atoms with Gasteiger partial charge in [-0.1, -0.05) is 0 Å². The molecule has 0 fully saturated rings. The van der Waals surface area contributed by atoms with E-state index < -0.39 is 23.5 Å². The first-order valence-corrected chi connectivity index (χ1v) is 7.15. The van der Waals surface area contributed by atoms with Crippen molar-refractivity contribution in [3.8, 4) is 0 Å². The second-order valence-corrected chi connectivity index (χ2v) is 5.63. The monoisotopic (exact) mass is 305 g/mol. The van der Waals surface area contributed by atoms with Crippen LogP contribution in [-0.4, -0.2) is 28.4 Å². The Morgan fingerprint density at radius 1 is 1.33 bits per heavy atom. The minimum absolute atomic E-state index is 0.166. The van der Waals surface area contributed by atoms with Crippen molar-refractivity contribution in [3.05, 3.63) is 56.3 Å². The Kier molecular flexibility index (Phi) is 3.34. The lowest BCUT2D eigenvalue weighted by molar-refractivity contribution is -0.142. The number of carboxylic acids is 1. The molecule has 3 heterocycles. The van der Waals surface area contributed by atoms with Crippen molar-refractivity contribution in [1.82, 2.24) is 4.90 Å². The summed E-state index contributed by atoms with van der Waals surface area (Å²) < 4.78 is 4.67. The molecule has 6 nitrogen and oxygen atoms in total. The summed E-state index contributed by atoms with van der Waals surface area (Å²) in [5.41, 5.74) is 0.268. The molecule has 0 saturated heterocycles. The van der Waals surface area contributed by atoms with E-state index in [2.05, 4.69) is 4.42 Å². The maximum absolute atomic E-state index is 12.5. The number of thiophene rings is 1. The summed E-state index contributed by atoms with van der Waals surface area (Å²) in [5.74, 6) is -1.52. The standard InChI is InChI=1S/C14H11NO5S/c16-11-2-1-8(7-20-11)13(17)15-5-3-10-9(4-6-21-10)12(15)14(18)19/h1-2,4,6-7,12H,3,5H2,(H,18,19). The molecule has 1 aliphatic heterocycles. The van der Waals surface area contributed by atoms with Crippen molar-refractivity contribution in [2.75, 3.05) is 6.54 Å². The van der Waals surface area contributed by atoms with Crippen LogP contribution in [-0.2, 0) is 11.2 Å². The predicted molar refractivity (Wildman–Crippen MR) is 74.4 cm³/mol. The van der Waals surface area contributed by atoms with Crippen molar-refractivity contribution < 1.29 is 19.1 Å². The lowest BCUT2D eigenvalue weighted by Crippen LogP contribution is -2.43. The number of rotatable bonds is 2. The number of nitrogens with zero attached hydrogens (tertiary/aromatic N) is 1. The van der Waals surface area contributed by atoms with Gasteiger partial charge in [0.05, 0.1) is 5.56 Å². The average molecular weight is 305 g/mol. The zero-order valence-electron chi connectivity index (χ0n) is 10.8. The number of aliphatic carboxylic acids is 1. The third kappa shape index (κ3) is 2.36. The van der Waals surface area contributed by atoms with Gasteiger partial charge >= 0.3 is 11.6 Å². The molecular weight excluding hydrogens is 294 g/mol. The fourth-order valence-electron chi connectivity index (χ4n) is 2.45. The highest BCUT2D eigenvalue weighted by atomic mass is 32.1. The summed E-state index contributed by atoms with van der Waals surface area (Å²) in [5, 5.41) is 11.3. The highest BCUT2D eigenvalue weighted by Crippen LogP contribution is 2.34. The fraction of sp³-hybridized carbons (Fsp3) is 0.214. The van der Waals surface area contributed by atoms with Gasteiger partial charge in [0.2, 0.25) is 0 Å². The minimum Gasteiger partial charge on any atom is -0.479 e. The molecule has 108 valence electrons. The SMILES string of the molecule is O=C(O)C1c2ccsc2CCN1C(=O)c1ccc(=O)oc1. The highest BCUT2D eigenvalue weighted by Gasteiger charge is 2.37. The van der Waals surface area contributed by atoms with E-state index in [1.165, 1.54) is 22.3 Å². The molecule has 0 aromatic carbocycles. The van der Waals surface area contributed by atoms with Crippen LogP contribution in [0.25, 0.3) is 0 Å². The molecule has 21 heavy (non-hydrogen) atoms. The predicted octanol–water partition coefficient (Wildman–Crippen LogP) is 1.53. The average Bonchev–Trinajstić information content (AvgIpc) is 2.94. The van der Waals surface area contributed by atoms with Crippen molar-refractivity contribution in [3.63, 3.8) is 0 Å². The topological polar surface area (TPSA) is 87.8 Å². The highest BCUT2D eigenvalue weighted by molar-refractivity contribution is 7.10. The second kappa shape index (κ2) is 5.17. The van der Waals surface area contributed by atoms with Gasteiger partial charge in [0.1, 0.15) is 6.26 Å². The van der Waals surface area contributed by atoms with Crippen molar-refractivity contribution >= 4 is 23.2 Å². The normalized spacial score (nSPS) is 17.3. The van der Waals surface area contributed by atoms with Gasteiger partial charge < -0.3 is 14.4 Å². The number of carbonyl (C=O) groups excluding carboxylic acids is 1. The molecule has 1 amide bonds. The van der Waals surface area contributed by atoms with Gasteiger partial charge in [-0.2, -0.15) is 0 Å². The zero-order chi connectivity index (χ0) is 15.0. The maximum Gasteiger partial charge on any atom is 0.335 e. The van der Waals surface area contributed by atoms with E-state index in [-0.39, 0.29) is 5.56 Å². The molecule has 7 heteroatoms. The summed E-state index contributed by atoms with van der Waals surface area (Å²) in [6, 6.07) is 3.22. The molecule has 1 unspecified atom stereocenters. The van der Waals surface area contributed by atoms with Gasteiger partial charge in [-0.3, -0.25) is 4.79 Å². The Labute approximate surface area is 123 Å². The fourth-order valence-corrected chi connectivity index (χ4v) is 3.35.